The molecule has 1 fully saturated rings. The number of carboxylic acid groups (broad SMARTS) is 1. The van der Waals surface area contributed by atoms with E-state index in [1.54, 1.807) is 0 Å². The van der Waals surface area contributed by atoms with Crippen LogP contribution in [0.3, 0.4) is 0 Å². The molecule has 4 rings (SSSR count). The second kappa shape index (κ2) is 7.48. The number of anilines is 1. The van der Waals surface area contributed by atoms with Gasteiger partial charge in [-0.15, -0.1) is 11.3 Å². The lowest BCUT2D eigenvalue weighted by Crippen LogP contribution is -2.36. The molecule has 0 saturated heterocycles. The third kappa shape index (κ3) is 3.57. The van der Waals surface area contributed by atoms with Crippen molar-refractivity contribution in [1.82, 2.24) is 4.98 Å². The Balaban J connectivity index is 1.56. The van der Waals surface area contributed by atoms with Crippen LogP contribution in [0.25, 0.3) is 22.0 Å². The molecule has 1 heterocycles. The molecule has 5 nitrogen and oxygen atoms in total. The molecule has 0 radical (unpaired) electrons. The minimum absolute atomic E-state index is 0.235. The van der Waals surface area contributed by atoms with Crippen molar-refractivity contribution in [2.75, 3.05) is 5.32 Å². The first-order valence-electron chi connectivity index (χ1n) is 9.11. The molecule has 2 aromatic carbocycles. The average Bonchev–Trinajstić information content (AvgIpc) is 3.15. The molecule has 1 aliphatic rings. The number of nitrogens with one attached hydrogen (secondary N) is 1. The minimum Gasteiger partial charge on any atom is -0.481 e. The van der Waals surface area contributed by atoms with E-state index in [-0.39, 0.29) is 5.91 Å². The minimum atomic E-state index is -0.884. The van der Waals surface area contributed by atoms with Crippen LogP contribution < -0.4 is 5.32 Å². The molecule has 2 atom stereocenters. The standard InChI is InChI=1S/C21H20N2O3S/c24-19(16-9-3-4-10-17(16)20(25)26)23-21-22-18(12-27-21)15-11-5-7-13-6-1-2-8-14(13)15/h1-2,5-8,11-12,16-17H,3-4,9-10H2,(H,25,26)(H,22,23,24)/t16-,17-/m1/s1. The Morgan fingerprint density at radius 2 is 1.78 bits per heavy atom. The topological polar surface area (TPSA) is 79.3 Å². The van der Waals surface area contributed by atoms with E-state index in [9.17, 15) is 14.7 Å². The summed E-state index contributed by atoms with van der Waals surface area (Å²) in [6, 6.07) is 14.2. The van der Waals surface area contributed by atoms with Gasteiger partial charge < -0.3 is 10.4 Å². The first-order valence-corrected chi connectivity index (χ1v) is 9.99. The van der Waals surface area contributed by atoms with Gasteiger partial charge in [0.1, 0.15) is 0 Å². The summed E-state index contributed by atoms with van der Waals surface area (Å²) in [6.07, 6.45) is 2.93. The SMILES string of the molecule is O=C(O)[C@@H]1CCCC[C@H]1C(=O)Nc1nc(-c2cccc3ccccc23)cs1. The van der Waals surface area contributed by atoms with Gasteiger partial charge >= 0.3 is 5.97 Å². The van der Waals surface area contributed by atoms with Crippen molar-refractivity contribution in [3.63, 3.8) is 0 Å². The number of benzene rings is 2. The fraction of sp³-hybridized carbons (Fsp3) is 0.286. The molecular weight excluding hydrogens is 360 g/mol. The van der Waals surface area contributed by atoms with Crippen LogP contribution in [0, 0.1) is 11.8 Å². The molecule has 138 valence electrons. The number of carbonyl (C=O) groups is 2. The van der Waals surface area contributed by atoms with Gasteiger partial charge in [-0.2, -0.15) is 0 Å². The Bertz CT molecular complexity index is 993. The lowest BCUT2D eigenvalue weighted by Gasteiger charge is -2.26. The molecule has 1 aromatic heterocycles. The van der Waals surface area contributed by atoms with Crippen molar-refractivity contribution in [3.05, 3.63) is 47.8 Å². The quantitative estimate of drug-likeness (QED) is 0.682. The smallest absolute Gasteiger partial charge is 0.307 e. The normalized spacial score (nSPS) is 19.7. The van der Waals surface area contributed by atoms with Gasteiger partial charge in [-0.25, -0.2) is 4.98 Å². The lowest BCUT2D eigenvalue weighted by molar-refractivity contribution is -0.147. The number of nitrogens with zero attached hydrogens (tertiary/aromatic N) is 1. The highest BCUT2D eigenvalue weighted by Crippen LogP contribution is 2.33. The number of thiazole rings is 1. The van der Waals surface area contributed by atoms with Crippen LogP contribution in [0.1, 0.15) is 25.7 Å². The zero-order chi connectivity index (χ0) is 18.8. The summed E-state index contributed by atoms with van der Waals surface area (Å²) in [7, 11) is 0. The second-order valence-corrected chi connectivity index (χ2v) is 7.75. The molecule has 1 aliphatic carbocycles. The third-order valence-electron chi connectivity index (χ3n) is 5.22. The van der Waals surface area contributed by atoms with Crippen molar-refractivity contribution in [1.29, 1.82) is 0 Å². The summed E-state index contributed by atoms with van der Waals surface area (Å²) in [6.45, 7) is 0. The van der Waals surface area contributed by atoms with Crippen molar-refractivity contribution in [2.45, 2.75) is 25.7 Å². The number of carboxylic acids is 1. The molecule has 1 amide bonds. The highest BCUT2D eigenvalue weighted by atomic mass is 32.1. The van der Waals surface area contributed by atoms with Crippen LogP contribution in [0.15, 0.2) is 47.8 Å². The van der Waals surface area contributed by atoms with E-state index in [1.165, 1.54) is 11.3 Å². The lowest BCUT2D eigenvalue weighted by atomic mass is 9.79. The maximum atomic E-state index is 12.6. The first kappa shape index (κ1) is 17.7. The zero-order valence-electron chi connectivity index (χ0n) is 14.7. The summed E-state index contributed by atoms with van der Waals surface area (Å²) >= 11 is 1.36. The predicted molar refractivity (Wildman–Crippen MR) is 107 cm³/mol. The van der Waals surface area contributed by atoms with Gasteiger partial charge in [0.25, 0.3) is 0 Å². The largest absolute Gasteiger partial charge is 0.481 e. The van der Waals surface area contributed by atoms with Crippen molar-refractivity contribution in [2.24, 2.45) is 11.8 Å². The monoisotopic (exact) mass is 380 g/mol. The number of rotatable bonds is 4. The number of fused-ring (bicyclic) bond motifs is 1. The summed E-state index contributed by atoms with van der Waals surface area (Å²) in [4.78, 5) is 28.6. The fourth-order valence-electron chi connectivity index (χ4n) is 3.84. The van der Waals surface area contributed by atoms with E-state index in [0.717, 1.165) is 34.9 Å². The highest BCUT2D eigenvalue weighted by molar-refractivity contribution is 7.14. The molecule has 27 heavy (non-hydrogen) atoms. The second-order valence-electron chi connectivity index (χ2n) is 6.89. The highest BCUT2D eigenvalue weighted by Gasteiger charge is 2.36. The van der Waals surface area contributed by atoms with Gasteiger partial charge in [0.05, 0.1) is 17.5 Å². The van der Waals surface area contributed by atoms with Crippen LogP contribution in [0.4, 0.5) is 5.13 Å². The summed E-state index contributed by atoms with van der Waals surface area (Å²) in [5.74, 6) is -2.20. The third-order valence-corrected chi connectivity index (χ3v) is 5.98. The first-order chi connectivity index (χ1) is 13.1. The van der Waals surface area contributed by atoms with E-state index >= 15 is 0 Å². The van der Waals surface area contributed by atoms with Gasteiger partial charge in [-0.1, -0.05) is 55.3 Å². The molecule has 0 aliphatic heterocycles. The number of aliphatic carboxylic acids is 1. The molecule has 0 bridgehead atoms. The molecule has 1 saturated carbocycles. The Kier molecular flexibility index (Phi) is 4.90. The zero-order valence-corrected chi connectivity index (χ0v) is 15.5. The van der Waals surface area contributed by atoms with E-state index in [2.05, 4.69) is 28.5 Å². The van der Waals surface area contributed by atoms with Crippen molar-refractivity contribution < 1.29 is 14.7 Å². The summed E-state index contributed by atoms with van der Waals surface area (Å²) in [5, 5.41) is 16.9. The van der Waals surface area contributed by atoms with Gasteiger partial charge in [0.2, 0.25) is 5.91 Å². The summed E-state index contributed by atoms with van der Waals surface area (Å²) < 4.78 is 0. The van der Waals surface area contributed by atoms with E-state index in [0.29, 0.717) is 18.0 Å². The number of carbonyl (C=O) groups excluding carboxylic acids is 1. The Hall–Kier alpha value is -2.73. The van der Waals surface area contributed by atoms with E-state index in [4.69, 9.17) is 0 Å². The molecule has 0 spiro atoms. The number of hydrogen-bond donors (Lipinski definition) is 2. The Morgan fingerprint density at radius 1 is 1.04 bits per heavy atom. The maximum Gasteiger partial charge on any atom is 0.307 e. The van der Waals surface area contributed by atoms with E-state index < -0.39 is 17.8 Å². The van der Waals surface area contributed by atoms with Crippen molar-refractivity contribution in [3.8, 4) is 11.3 Å². The van der Waals surface area contributed by atoms with Crippen LogP contribution >= 0.6 is 11.3 Å². The summed E-state index contributed by atoms with van der Waals surface area (Å²) in [5.41, 5.74) is 1.83. The molecule has 6 heteroatoms. The Labute approximate surface area is 161 Å². The van der Waals surface area contributed by atoms with Crippen LogP contribution in [0.2, 0.25) is 0 Å². The van der Waals surface area contributed by atoms with E-state index in [1.807, 2.05) is 29.6 Å². The molecule has 2 N–H and O–H groups in total. The van der Waals surface area contributed by atoms with Crippen molar-refractivity contribution >= 4 is 39.1 Å². The van der Waals surface area contributed by atoms with Gasteiger partial charge in [-0.05, 0) is 23.6 Å². The van der Waals surface area contributed by atoms with Gasteiger partial charge in [0, 0.05) is 10.9 Å². The molecular formula is C21H20N2O3S. The fourth-order valence-corrected chi connectivity index (χ4v) is 4.56. The number of aromatic nitrogens is 1. The van der Waals surface area contributed by atoms with Crippen LogP contribution in [-0.2, 0) is 9.59 Å². The molecule has 3 aromatic rings. The average molecular weight is 380 g/mol. The van der Waals surface area contributed by atoms with Crippen LogP contribution in [0.5, 0.6) is 0 Å². The van der Waals surface area contributed by atoms with Crippen LogP contribution in [-0.4, -0.2) is 22.0 Å². The van der Waals surface area contributed by atoms with Gasteiger partial charge in [0.15, 0.2) is 5.13 Å². The predicted octanol–water partition coefficient (Wildman–Crippen LogP) is 4.79. The number of hydrogen-bond acceptors (Lipinski definition) is 4. The maximum absolute atomic E-state index is 12.6. The van der Waals surface area contributed by atoms with Gasteiger partial charge in [-0.3, -0.25) is 9.59 Å². The number of amides is 1. The molecule has 0 unspecified atom stereocenters. The Morgan fingerprint density at radius 3 is 2.59 bits per heavy atom.